The predicted molar refractivity (Wildman–Crippen MR) is 142 cm³/mol. The minimum Gasteiger partial charge on any atom is -0.423 e. The molecule has 3 aromatic rings. The van der Waals surface area contributed by atoms with Gasteiger partial charge in [0.2, 0.25) is 5.91 Å². The molecule has 0 unspecified atom stereocenters. The van der Waals surface area contributed by atoms with Crippen molar-refractivity contribution in [2.24, 2.45) is 16.5 Å². The summed E-state index contributed by atoms with van der Waals surface area (Å²) in [7, 11) is 0. The van der Waals surface area contributed by atoms with E-state index in [2.05, 4.69) is 15.6 Å². The number of amides is 1. The summed E-state index contributed by atoms with van der Waals surface area (Å²) in [6, 6.07) is 15.7. The van der Waals surface area contributed by atoms with E-state index in [0.29, 0.717) is 34.8 Å². The topological polar surface area (TPSA) is 156 Å². The van der Waals surface area contributed by atoms with Crippen LogP contribution in [0.1, 0.15) is 27.9 Å². The second-order valence-electron chi connectivity index (χ2n) is 7.61. The number of hydrogen-bond donors (Lipinski definition) is 5. The van der Waals surface area contributed by atoms with E-state index in [0.717, 1.165) is 29.5 Å². The van der Waals surface area contributed by atoms with Gasteiger partial charge in [-0.3, -0.25) is 15.2 Å². The summed E-state index contributed by atoms with van der Waals surface area (Å²) in [6.45, 7) is 1.53. The Morgan fingerprint density at radius 2 is 1.74 bits per heavy atom. The van der Waals surface area contributed by atoms with Crippen LogP contribution in [0, 0.1) is 5.41 Å². The molecule has 0 saturated carbocycles. The minimum atomic E-state index is -0.516. The number of esters is 1. The molecular weight excluding hydrogens is 491 g/mol. The molecule has 9 nitrogen and oxygen atoms in total. The van der Waals surface area contributed by atoms with Crippen LogP contribution in [0.25, 0.3) is 10.8 Å². The monoisotopic (exact) mass is 516 g/mol. The normalized spacial score (nSPS) is 11.9. The van der Waals surface area contributed by atoms with Crippen molar-refractivity contribution in [3.05, 3.63) is 71.3 Å². The lowest BCUT2D eigenvalue weighted by Crippen LogP contribution is -2.26. The molecule has 11 heteroatoms. The van der Waals surface area contributed by atoms with Crippen LogP contribution in [-0.4, -0.2) is 36.8 Å². The number of carbonyl (C=O) groups excluding carboxylic acids is 2. The van der Waals surface area contributed by atoms with E-state index in [1.807, 2.05) is 0 Å². The molecule has 0 atom stereocenters. The van der Waals surface area contributed by atoms with Gasteiger partial charge in [0.15, 0.2) is 5.96 Å². The largest absolute Gasteiger partial charge is 0.423 e. The number of nitrogens with two attached hydrogens (primary N) is 2. The average Bonchev–Trinajstić information content (AvgIpc) is 3.31. The van der Waals surface area contributed by atoms with Crippen molar-refractivity contribution in [3.8, 4) is 5.75 Å². The van der Waals surface area contributed by atoms with Crippen molar-refractivity contribution >= 4 is 64.9 Å². The number of nitrogens with one attached hydrogen (secondary N) is 3. The number of anilines is 1. The number of hydrogen-bond acceptors (Lipinski definition) is 7. The lowest BCUT2D eigenvalue weighted by molar-refractivity contribution is -0.117. The van der Waals surface area contributed by atoms with Crippen LogP contribution in [0.2, 0.25) is 0 Å². The number of primary amides is 1. The van der Waals surface area contributed by atoms with Crippen LogP contribution in [0.15, 0.2) is 59.6 Å². The highest BCUT2D eigenvalue weighted by molar-refractivity contribution is 6.01. The van der Waals surface area contributed by atoms with Gasteiger partial charge >= 0.3 is 5.97 Å². The van der Waals surface area contributed by atoms with E-state index in [4.69, 9.17) is 21.6 Å². The summed E-state index contributed by atoms with van der Waals surface area (Å²) in [5, 5.41) is 15.5. The number of amidine groups is 1. The molecule has 0 aromatic heterocycles. The Kier molecular flexibility index (Phi) is 9.44. The molecule has 3 aromatic carbocycles. The third kappa shape index (κ3) is 6.62. The molecular formula is C24H26Cl2N6O3. The van der Waals surface area contributed by atoms with E-state index in [-0.39, 0.29) is 37.1 Å². The number of fused-ring (bicyclic) bond motifs is 1. The van der Waals surface area contributed by atoms with Gasteiger partial charge in [-0.2, -0.15) is 0 Å². The first kappa shape index (κ1) is 27.4. The molecule has 0 bridgehead atoms. The summed E-state index contributed by atoms with van der Waals surface area (Å²) in [5.74, 6) is 0.0522. The quantitative estimate of drug-likeness (QED) is 0.140. The highest BCUT2D eigenvalue weighted by Crippen LogP contribution is 2.31. The summed E-state index contributed by atoms with van der Waals surface area (Å²) >= 11 is 0. The number of nitrogens with zero attached hydrogens (tertiary/aromatic N) is 1. The fourth-order valence-electron chi connectivity index (χ4n) is 3.61. The molecule has 1 aliphatic heterocycles. The Balaban J connectivity index is 0.00000216. The van der Waals surface area contributed by atoms with Gasteiger partial charge < -0.3 is 26.8 Å². The Hall–Kier alpha value is -3.82. The van der Waals surface area contributed by atoms with Gasteiger partial charge in [0.05, 0.1) is 12.1 Å². The van der Waals surface area contributed by atoms with Crippen molar-refractivity contribution < 1.29 is 14.3 Å². The average molecular weight is 517 g/mol. The zero-order valence-electron chi connectivity index (χ0n) is 18.7. The Labute approximate surface area is 214 Å². The van der Waals surface area contributed by atoms with Gasteiger partial charge in [-0.25, -0.2) is 4.79 Å². The third-order valence-electron chi connectivity index (χ3n) is 5.28. The second kappa shape index (κ2) is 12.0. The Morgan fingerprint density at radius 1 is 1.03 bits per heavy atom. The highest BCUT2D eigenvalue weighted by Gasteiger charge is 2.16. The molecule has 4 rings (SSSR count). The molecule has 0 spiro atoms. The molecule has 0 fully saturated rings. The van der Waals surface area contributed by atoms with Crippen molar-refractivity contribution in [1.82, 2.24) is 5.32 Å². The van der Waals surface area contributed by atoms with Gasteiger partial charge in [-0.05, 0) is 53.6 Å². The van der Waals surface area contributed by atoms with Crippen LogP contribution in [-0.2, 0) is 11.2 Å². The molecule has 184 valence electrons. The second-order valence-corrected chi connectivity index (χ2v) is 7.61. The van der Waals surface area contributed by atoms with E-state index in [1.54, 1.807) is 54.6 Å². The first-order valence-corrected chi connectivity index (χ1v) is 10.5. The number of rotatable bonds is 7. The number of benzene rings is 3. The summed E-state index contributed by atoms with van der Waals surface area (Å²) < 4.78 is 5.71. The molecule has 35 heavy (non-hydrogen) atoms. The van der Waals surface area contributed by atoms with Gasteiger partial charge in [-0.1, -0.05) is 18.2 Å². The molecule has 0 aliphatic carbocycles. The van der Waals surface area contributed by atoms with Crippen LogP contribution >= 0.6 is 24.8 Å². The first-order valence-electron chi connectivity index (χ1n) is 10.5. The van der Waals surface area contributed by atoms with Crippen molar-refractivity contribution in [3.63, 3.8) is 0 Å². The third-order valence-corrected chi connectivity index (χ3v) is 5.28. The minimum absolute atomic E-state index is 0. The predicted octanol–water partition coefficient (Wildman–Crippen LogP) is 2.98. The maximum Gasteiger partial charge on any atom is 0.343 e. The fourth-order valence-corrected chi connectivity index (χ4v) is 3.61. The smallest absolute Gasteiger partial charge is 0.343 e. The van der Waals surface area contributed by atoms with Gasteiger partial charge in [-0.15, -0.1) is 24.8 Å². The van der Waals surface area contributed by atoms with Crippen LogP contribution < -0.4 is 26.8 Å². The SMILES string of the molecule is Cl.Cl.N=C(N)c1ccc2c(CCC(N)=O)c(OC(=O)c3ccc(NC4=NCCN4)cc3)ccc2c1. The lowest BCUT2D eigenvalue weighted by atomic mass is 9.97. The van der Waals surface area contributed by atoms with Crippen LogP contribution in [0.4, 0.5) is 5.69 Å². The fraction of sp³-hybridized carbons (Fsp3) is 0.167. The van der Waals surface area contributed by atoms with E-state index in [9.17, 15) is 9.59 Å². The molecule has 1 heterocycles. The summed E-state index contributed by atoms with van der Waals surface area (Å²) in [4.78, 5) is 28.5. The number of halogens is 2. The zero-order valence-corrected chi connectivity index (χ0v) is 20.3. The molecule has 0 radical (unpaired) electrons. The lowest BCUT2D eigenvalue weighted by Gasteiger charge is -2.14. The van der Waals surface area contributed by atoms with Crippen LogP contribution in [0.5, 0.6) is 5.75 Å². The number of aliphatic imine (C=N–C) groups is 1. The zero-order chi connectivity index (χ0) is 23.4. The number of nitrogen functional groups attached to an aromatic ring is 1. The summed E-state index contributed by atoms with van der Waals surface area (Å²) in [6.07, 6.45) is 0.420. The van der Waals surface area contributed by atoms with Gasteiger partial charge in [0.25, 0.3) is 0 Å². The molecule has 1 amide bonds. The van der Waals surface area contributed by atoms with Crippen molar-refractivity contribution in [2.75, 3.05) is 18.4 Å². The number of guanidine groups is 1. The first-order chi connectivity index (χ1) is 15.9. The van der Waals surface area contributed by atoms with E-state index in [1.165, 1.54) is 0 Å². The number of ether oxygens (including phenoxy) is 1. The van der Waals surface area contributed by atoms with Gasteiger partial charge in [0, 0.05) is 29.8 Å². The number of carbonyl (C=O) groups is 2. The van der Waals surface area contributed by atoms with E-state index < -0.39 is 11.9 Å². The maximum atomic E-state index is 12.8. The molecule has 0 saturated heterocycles. The Bertz CT molecular complexity index is 1280. The maximum absolute atomic E-state index is 12.8. The summed E-state index contributed by atoms with van der Waals surface area (Å²) in [5.41, 5.74) is 13.4. The van der Waals surface area contributed by atoms with Crippen molar-refractivity contribution in [2.45, 2.75) is 12.8 Å². The highest BCUT2D eigenvalue weighted by atomic mass is 35.5. The standard InChI is InChI=1S/C24H24N6O3.2ClH/c25-21(31)10-8-19-18-7-3-16(22(26)27)13-15(18)4-9-20(19)33-23(32)14-1-5-17(6-2-14)30-24-28-11-12-29-24;;/h1-7,9,13H,8,10-12H2,(H2,25,31)(H3,26,27)(H2,28,29,30);2*1H. The Morgan fingerprint density at radius 3 is 2.37 bits per heavy atom. The van der Waals surface area contributed by atoms with Gasteiger partial charge in [0.1, 0.15) is 11.6 Å². The van der Waals surface area contributed by atoms with Crippen molar-refractivity contribution in [1.29, 1.82) is 5.41 Å². The van der Waals surface area contributed by atoms with E-state index >= 15 is 0 Å². The molecule has 1 aliphatic rings. The number of aryl methyl sites for hydroxylation is 1. The van der Waals surface area contributed by atoms with Crippen LogP contribution in [0.3, 0.4) is 0 Å². The molecule has 7 N–H and O–H groups in total.